The molecule has 0 aliphatic heterocycles. The van der Waals surface area contributed by atoms with Crippen molar-refractivity contribution >= 4 is 15.7 Å². The first kappa shape index (κ1) is 30.4. The number of carbonyl (C=O) groups excluding carboxylic acids is 1. The molecule has 40 heavy (non-hydrogen) atoms. The van der Waals surface area contributed by atoms with Crippen LogP contribution in [0.15, 0.2) is 47.4 Å². The largest absolute Gasteiger partial charge is 0.426 e. The number of amides is 1. The van der Waals surface area contributed by atoms with Gasteiger partial charge < -0.3 is 15.5 Å². The fourth-order valence-corrected chi connectivity index (χ4v) is 8.50. The number of rotatable bonds is 7. The third kappa shape index (κ3) is 4.92. The molecule has 220 valence electrons. The molecule has 6 nitrogen and oxygen atoms in total. The smallest absolute Gasteiger partial charge is 0.388 e. The molecule has 1 saturated carbocycles. The van der Waals surface area contributed by atoms with Gasteiger partial charge in [0.25, 0.3) is 0 Å². The fourth-order valence-electron chi connectivity index (χ4n) is 6.02. The van der Waals surface area contributed by atoms with Gasteiger partial charge in [-0.25, -0.2) is 17.2 Å². The number of aliphatic hydroxyl groups is 2. The highest BCUT2D eigenvalue weighted by molar-refractivity contribution is 7.92. The number of nitrogens with one attached hydrogen (secondary N) is 1. The molecule has 2 aliphatic rings. The lowest BCUT2D eigenvalue weighted by Crippen LogP contribution is -2.49. The minimum Gasteiger partial charge on any atom is -0.388 e. The van der Waals surface area contributed by atoms with Crippen LogP contribution in [0.5, 0.6) is 0 Å². The van der Waals surface area contributed by atoms with Crippen LogP contribution in [0, 0.1) is 17.7 Å². The Hall–Kier alpha value is -2.57. The van der Waals surface area contributed by atoms with Crippen LogP contribution in [0.1, 0.15) is 56.7 Å². The van der Waals surface area contributed by atoms with Crippen molar-refractivity contribution in [2.75, 3.05) is 6.54 Å². The van der Waals surface area contributed by atoms with Crippen molar-refractivity contribution in [3.8, 4) is 0 Å². The van der Waals surface area contributed by atoms with Crippen molar-refractivity contribution in [3.63, 3.8) is 0 Å². The first-order valence-electron chi connectivity index (χ1n) is 12.9. The zero-order valence-corrected chi connectivity index (χ0v) is 23.0. The monoisotopic (exact) mass is 589 g/mol. The van der Waals surface area contributed by atoms with Crippen molar-refractivity contribution in [2.45, 2.75) is 79.6 Å². The number of carbonyl (C=O) groups is 1. The third-order valence-corrected chi connectivity index (χ3v) is 11.1. The summed E-state index contributed by atoms with van der Waals surface area (Å²) in [5.41, 5.74) is -5.38. The number of aliphatic hydroxyl groups excluding tert-OH is 1. The Morgan fingerprint density at radius 3 is 2.27 bits per heavy atom. The normalized spacial score (nSPS) is 25.4. The molecule has 0 saturated heterocycles. The average molecular weight is 590 g/mol. The van der Waals surface area contributed by atoms with Crippen LogP contribution in [0.4, 0.5) is 22.0 Å². The van der Waals surface area contributed by atoms with Crippen LogP contribution in [0.3, 0.4) is 0 Å². The molecule has 0 spiro atoms. The Morgan fingerprint density at radius 1 is 1.07 bits per heavy atom. The zero-order chi connectivity index (χ0) is 29.9. The van der Waals surface area contributed by atoms with Gasteiger partial charge in [-0.3, -0.25) is 4.79 Å². The lowest BCUT2D eigenvalue weighted by atomic mass is 9.72. The summed E-state index contributed by atoms with van der Waals surface area (Å²) >= 11 is 0. The fraction of sp³-hybridized carbons (Fsp3) is 0.536. The first-order chi connectivity index (χ1) is 18.3. The van der Waals surface area contributed by atoms with Crippen molar-refractivity contribution in [3.05, 3.63) is 65.0 Å². The summed E-state index contributed by atoms with van der Waals surface area (Å²) in [6.45, 7) is 2.86. The van der Waals surface area contributed by atoms with E-state index in [1.807, 2.05) is 0 Å². The van der Waals surface area contributed by atoms with E-state index in [2.05, 4.69) is 5.32 Å². The molecular weight excluding hydrogens is 557 g/mol. The Morgan fingerprint density at radius 2 is 1.70 bits per heavy atom. The Bertz CT molecular complexity index is 1390. The molecular formula is C28H32F5NO5S. The molecule has 1 amide bonds. The second-order valence-electron chi connectivity index (χ2n) is 11.4. The van der Waals surface area contributed by atoms with Crippen LogP contribution >= 0.6 is 0 Å². The summed E-state index contributed by atoms with van der Waals surface area (Å²) < 4.78 is 95.7. The molecule has 12 heteroatoms. The molecule has 2 aromatic carbocycles. The summed E-state index contributed by atoms with van der Waals surface area (Å²) in [4.78, 5) is 13.1. The van der Waals surface area contributed by atoms with Crippen LogP contribution < -0.4 is 5.32 Å². The number of alkyl halides is 4. The van der Waals surface area contributed by atoms with Gasteiger partial charge in [0.2, 0.25) is 11.6 Å². The Labute approximate surface area is 229 Å². The number of hydrogen-bond acceptors (Lipinski definition) is 5. The SMILES string of the molecule is CC(C)(O)C(O)CNC(=O)[C@@H]1CC[C@@]2(S(=O)(=O)c3ccc(F)cc3)c3ccc(C(C)(F)C(F)(F)F)cc3CC[C@@H]12. The summed E-state index contributed by atoms with van der Waals surface area (Å²) in [6.07, 6.45) is -6.21. The van der Waals surface area contributed by atoms with E-state index in [-0.39, 0.29) is 48.3 Å². The minimum atomic E-state index is -5.19. The van der Waals surface area contributed by atoms with Gasteiger partial charge in [0.05, 0.1) is 16.6 Å². The molecule has 0 bridgehead atoms. The molecule has 3 N–H and O–H groups in total. The standard InChI is InChI=1S/C28H32F5NO5S/c1-25(2,37)23(35)15-34-24(36)20-12-13-27(40(38,39)19-8-6-18(29)7-9-19)21-11-5-17(26(3,30)28(31,32)33)14-16(21)4-10-22(20)27/h5-9,11,14,20,22-23,35,37H,4,10,12-13,15H2,1-3H3,(H,34,36)/t20-,22+,23?,26?,27-/m1/s1. The van der Waals surface area contributed by atoms with E-state index in [4.69, 9.17) is 0 Å². The molecule has 0 radical (unpaired) electrons. The summed E-state index contributed by atoms with van der Waals surface area (Å²) in [7, 11) is -4.34. The van der Waals surface area contributed by atoms with E-state index in [1.165, 1.54) is 19.9 Å². The maximum Gasteiger partial charge on any atom is 0.426 e. The van der Waals surface area contributed by atoms with Crippen LogP contribution in [-0.4, -0.2) is 49.0 Å². The van der Waals surface area contributed by atoms with Gasteiger partial charge in [0.15, 0.2) is 9.84 Å². The quantitative estimate of drug-likeness (QED) is 0.327. The van der Waals surface area contributed by atoms with E-state index in [9.17, 15) is 45.4 Å². The molecule has 2 aliphatic carbocycles. The predicted octanol–water partition coefficient (Wildman–Crippen LogP) is 4.46. The topological polar surface area (TPSA) is 104 Å². The van der Waals surface area contributed by atoms with Crippen LogP contribution in [0.25, 0.3) is 0 Å². The number of fused-ring (bicyclic) bond motifs is 3. The summed E-state index contributed by atoms with van der Waals surface area (Å²) in [6, 6.07) is 7.38. The van der Waals surface area contributed by atoms with Gasteiger partial charge in [-0.15, -0.1) is 0 Å². The van der Waals surface area contributed by atoms with Gasteiger partial charge >= 0.3 is 6.18 Å². The van der Waals surface area contributed by atoms with Crippen molar-refractivity contribution < 1.29 is 45.4 Å². The number of hydrogen-bond donors (Lipinski definition) is 3. The van der Waals surface area contributed by atoms with Gasteiger partial charge in [-0.2, -0.15) is 13.2 Å². The van der Waals surface area contributed by atoms with E-state index in [0.29, 0.717) is 6.92 Å². The third-order valence-electron chi connectivity index (χ3n) is 8.50. The molecule has 5 atom stereocenters. The molecule has 4 rings (SSSR count). The lowest BCUT2D eigenvalue weighted by molar-refractivity contribution is -0.228. The number of sulfone groups is 1. The van der Waals surface area contributed by atoms with Crippen LogP contribution in [-0.2, 0) is 31.5 Å². The molecule has 0 aromatic heterocycles. The summed E-state index contributed by atoms with van der Waals surface area (Å²) in [5, 5.41) is 22.7. The van der Waals surface area contributed by atoms with Crippen molar-refractivity contribution in [1.29, 1.82) is 0 Å². The first-order valence-corrected chi connectivity index (χ1v) is 14.4. The number of aryl methyl sites for hydroxylation is 1. The van der Waals surface area contributed by atoms with E-state index < -0.39 is 67.3 Å². The van der Waals surface area contributed by atoms with Gasteiger partial charge in [0.1, 0.15) is 10.6 Å². The Balaban J connectivity index is 1.81. The predicted molar refractivity (Wildman–Crippen MR) is 136 cm³/mol. The van der Waals surface area contributed by atoms with Gasteiger partial charge in [-0.1, -0.05) is 18.2 Å². The molecule has 1 fully saturated rings. The van der Waals surface area contributed by atoms with Gasteiger partial charge in [-0.05, 0) is 93.3 Å². The van der Waals surface area contributed by atoms with Crippen molar-refractivity contribution in [1.82, 2.24) is 5.32 Å². The van der Waals surface area contributed by atoms with Crippen molar-refractivity contribution in [2.24, 2.45) is 11.8 Å². The van der Waals surface area contributed by atoms with E-state index in [0.717, 1.165) is 36.4 Å². The Kier molecular flexibility index (Phi) is 7.64. The van der Waals surface area contributed by atoms with Gasteiger partial charge in [0, 0.05) is 12.5 Å². The minimum absolute atomic E-state index is 0.0536. The highest BCUT2D eigenvalue weighted by Gasteiger charge is 2.62. The van der Waals surface area contributed by atoms with E-state index in [1.54, 1.807) is 0 Å². The highest BCUT2D eigenvalue weighted by atomic mass is 32.2. The number of halogens is 5. The highest BCUT2D eigenvalue weighted by Crippen LogP contribution is 2.59. The second-order valence-corrected chi connectivity index (χ2v) is 13.6. The summed E-state index contributed by atoms with van der Waals surface area (Å²) in [5.74, 6) is -2.83. The molecule has 2 unspecified atom stereocenters. The number of benzene rings is 2. The molecule has 2 aromatic rings. The maximum atomic E-state index is 14.8. The molecule has 0 heterocycles. The zero-order valence-electron chi connectivity index (χ0n) is 22.2. The van der Waals surface area contributed by atoms with E-state index >= 15 is 0 Å². The maximum absolute atomic E-state index is 14.8. The van der Waals surface area contributed by atoms with Crippen LogP contribution in [0.2, 0.25) is 0 Å². The second kappa shape index (κ2) is 10.1. The lowest BCUT2D eigenvalue weighted by Gasteiger charge is -2.42. The average Bonchev–Trinajstić information content (AvgIpc) is 3.27.